The van der Waals surface area contributed by atoms with Crippen LogP contribution in [0.3, 0.4) is 0 Å². The van der Waals surface area contributed by atoms with Crippen LogP contribution in [0, 0.1) is 11.3 Å². The van der Waals surface area contributed by atoms with E-state index in [1.807, 2.05) is 13.0 Å². The number of esters is 1. The van der Waals surface area contributed by atoms with Crippen LogP contribution in [0.2, 0.25) is 0 Å². The van der Waals surface area contributed by atoms with Gasteiger partial charge in [0.25, 0.3) is 0 Å². The molecule has 0 spiro atoms. The van der Waals surface area contributed by atoms with Gasteiger partial charge in [0.15, 0.2) is 0 Å². The number of hydrogen-bond donors (Lipinski definition) is 0. The molecule has 4 heteroatoms. The molecule has 90 valence electrons. The number of alkyl halides is 1. The molecule has 1 rings (SSSR count). The monoisotopic (exact) mass is 251 g/mol. The fourth-order valence-corrected chi connectivity index (χ4v) is 1.90. The van der Waals surface area contributed by atoms with Crippen LogP contribution in [-0.4, -0.2) is 13.1 Å². The first-order valence-corrected chi connectivity index (χ1v) is 5.87. The predicted molar refractivity (Wildman–Crippen MR) is 65.8 cm³/mol. The van der Waals surface area contributed by atoms with Crippen molar-refractivity contribution in [2.45, 2.75) is 25.6 Å². The van der Waals surface area contributed by atoms with Gasteiger partial charge in [-0.3, -0.25) is 4.79 Å². The largest absolute Gasteiger partial charge is 0.469 e. The van der Waals surface area contributed by atoms with Gasteiger partial charge in [-0.15, -0.1) is 11.6 Å². The van der Waals surface area contributed by atoms with Crippen LogP contribution in [-0.2, 0) is 28.3 Å². The highest BCUT2D eigenvalue weighted by Crippen LogP contribution is 2.20. The van der Waals surface area contributed by atoms with Gasteiger partial charge in [0.05, 0.1) is 25.2 Å². The lowest BCUT2D eigenvalue weighted by Gasteiger charge is -2.10. The minimum absolute atomic E-state index is 0.192. The first-order valence-electron chi connectivity index (χ1n) is 5.33. The zero-order chi connectivity index (χ0) is 12.8. The smallest absolute Gasteiger partial charge is 0.309 e. The van der Waals surface area contributed by atoms with Crippen molar-refractivity contribution >= 4 is 17.6 Å². The van der Waals surface area contributed by atoms with Crippen molar-refractivity contribution in [3.8, 4) is 6.07 Å². The molecule has 0 amide bonds. The van der Waals surface area contributed by atoms with E-state index in [2.05, 4.69) is 10.8 Å². The number of halogens is 1. The van der Waals surface area contributed by atoms with Crippen LogP contribution in [0.5, 0.6) is 0 Å². The SMILES string of the molecule is CCc1cc(CC(=O)OC)c(CCl)cc1C#N. The molecule has 0 aliphatic heterocycles. The molecule has 0 fully saturated rings. The molecular weight excluding hydrogens is 238 g/mol. The Morgan fingerprint density at radius 3 is 2.59 bits per heavy atom. The van der Waals surface area contributed by atoms with E-state index in [4.69, 9.17) is 16.9 Å². The summed E-state index contributed by atoms with van der Waals surface area (Å²) in [5.74, 6) is -0.0199. The van der Waals surface area contributed by atoms with Gasteiger partial charge in [0, 0.05) is 5.88 Å². The highest BCUT2D eigenvalue weighted by atomic mass is 35.5. The quantitative estimate of drug-likeness (QED) is 0.610. The Hall–Kier alpha value is -1.53. The topological polar surface area (TPSA) is 50.1 Å². The molecule has 17 heavy (non-hydrogen) atoms. The molecule has 0 N–H and O–H groups in total. The third kappa shape index (κ3) is 3.21. The summed E-state index contributed by atoms with van der Waals surface area (Å²) in [6, 6.07) is 5.76. The van der Waals surface area contributed by atoms with Crippen molar-refractivity contribution in [3.63, 3.8) is 0 Å². The van der Waals surface area contributed by atoms with Crippen LogP contribution in [0.15, 0.2) is 12.1 Å². The van der Waals surface area contributed by atoms with E-state index >= 15 is 0 Å². The average Bonchev–Trinajstić information content (AvgIpc) is 2.37. The van der Waals surface area contributed by atoms with Gasteiger partial charge in [0.1, 0.15) is 0 Å². The van der Waals surface area contributed by atoms with Gasteiger partial charge >= 0.3 is 5.97 Å². The molecule has 0 aliphatic rings. The van der Waals surface area contributed by atoms with E-state index in [1.165, 1.54) is 7.11 Å². The number of carbonyl (C=O) groups excluding carboxylic acids is 1. The molecule has 0 aliphatic carbocycles. The van der Waals surface area contributed by atoms with Crippen molar-refractivity contribution in [3.05, 3.63) is 34.4 Å². The molecule has 0 radical (unpaired) electrons. The molecule has 3 nitrogen and oxygen atoms in total. The van der Waals surface area contributed by atoms with Crippen molar-refractivity contribution < 1.29 is 9.53 Å². The zero-order valence-electron chi connectivity index (χ0n) is 9.92. The van der Waals surface area contributed by atoms with Crippen molar-refractivity contribution in [1.82, 2.24) is 0 Å². The molecule has 0 saturated carbocycles. The summed E-state index contributed by atoms with van der Waals surface area (Å²) >= 11 is 5.82. The number of hydrogen-bond acceptors (Lipinski definition) is 3. The van der Waals surface area contributed by atoms with E-state index in [9.17, 15) is 4.79 Å². The summed E-state index contributed by atoms with van der Waals surface area (Å²) < 4.78 is 4.64. The van der Waals surface area contributed by atoms with Gasteiger partial charge < -0.3 is 4.74 Å². The Labute approximate surface area is 106 Å². The van der Waals surface area contributed by atoms with Gasteiger partial charge in [-0.1, -0.05) is 13.0 Å². The summed E-state index contributed by atoms with van der Waals surface area (Å²) in [4.78, 5) is 11.3. The fourth-order valence-electron chi connectivity index (χ4n) is 1.65. The number of nitrogens with zero attached hydrogens (tertiary/aromatic N) is 1. The van der Waals surface area contributed by atoms with Crippen LogP contribution in [0.1, 0.15) is 29.2 Å². The molecule has 0 bridgehead atoms. The number of benzene rings is 1. The lowest BCUT2D eigenvalue weighted by molar-refractivity contribution is -0.139. The molecule has 1 aromatic carbocycles. The number of rotatable bonds is 4. The number of nitriles is 1. The Kier molecular flexibility index (Phi) is 4.99. The number of carbonyl (C=O) groups is 1. The Bertz CT molecular complexity index is 463. The Balaban J connectivity index is 3.20. The van der Waals surface area contributed by atoms with E-state index in [-0.39, 0.29) is 18.3 Å². The maximum absolute atomic E-state index is 11.3. The highest BCUT2D eigenvalue weighted by molar-refractivity contribution is 6.17. The van der Waals surface area contributed by atoms with Crippen LogP contribution in [0.25, 0.3) is 0 Å². The molecule has 0 heterocycles. The summed E-state index contributed by atoms with van der Waals surface area (Å²) in [5.41, 5.74) is 3.20. The summed E-state index contributed by atoms with van der Waals surface area (Å²) in [6.07, 6.45) is 0.941. The van der Waals surface area contributed by atoms with E-state index in [0.29, 0.717) is 5.56 Å². The maximum Gasteiger partial charge on any atom is 0.309 e. The van der Waals surface area contributed by atoms with Crippen molar-refractivity contribution in [1.29, 1.82) is 5.26 Å². The minimum Gasteiger partial charge on any atom is -0.469 e. The molecule has 0 unspecified atom stereocenters. The highest BCUT2D eigenvalue weighted by Gasteiger charge is 2.11. The standard InChI is InChI=1S/C13H14ClNO2/c1-3-9-4-10(6-13(16)17-2)11(7-14)5-12(9)8-15/h4-5H,3,6-7H2,1-2H3. The fraction of sp³-hybridized carbons (Fsp3) is 0.385. The third-order valence-corrected chi connectivity index (χ3v) is 2.92. The number of methoxy groups -OCH3 is 1. The van der Waals surface area contributed by atoms with Crippen LogP contribution >= 0.6 is 11.6 Å². The predicted octanol–water partition coefficient (Wildman–Crippen LogP) is 2.57. The first-order chi connectivity index (χ1) is 8.15. The summed E-state index contributed by atoms with van der Waals surface area (Å²) in [7, 11) is 1.35. The molecule has 0 saturated heterocycles. The lowest BCUT2D eigenvalue weighted by atomic mass is 9.96. The van der Waals surface area contributed by atoms with Crippen molar-refractivity contribution in [2.75, 3.05) is 7.11 Å². The normalized spacial score (nSPS) is 9.76. The number of ether oxygens (including phenoxy) is 1. The van der Waals surface area contributed by atoms with E-state index in [0.717, 1.165) is 23.1 Å². The molecular formula is C13H14ClNO2. The van der Waals surface area contributed by atoms with Crippen molar-refractivity contribution in [2.24, 2.45) is 0 Å². The zero-order valence-corrected chi connectivity index (χ0v) is 10.7. The van der Waals surface area contributed by atoms with Gasteiger partial charge in [-0.05, 0) is 29.2 Å². The van der Waals surface area contributed by atoms with Gasteiger partial charge in [0.2, 0.25) is 0 Å². The van der Waals surface area contributed by atoms with Crippen LogP contribution < -0.4 is 0 Å². The van der Waals surface area contributed by atoms with Gasteiger partial charge in [-0.2, -0.15) is 5.26 Å². The summed E-state index contributed by atoms with van der Waals surface area (Å²) in [6.45, 7) is 1.97. The van der Waals surface area contributed by atoms with Crippen LogP contribution in [0.4, 0.5) is 0 Å². The van der Waals surface area contributed by atoms with Gasteiger partial charge in [-0.25, -0.2) is 0 Å². The first kappa shape index (κ1) is 13.5. The second-order valence-corrected chi connectivity index (χ2v) is 3.90. The van der Waals surface area contributed by atoms with E-state index < -0.39 is 0 Å². The average molecular weight is 252 g/mol. The molecule has 1 aromatic rings. The van der Waals surface area contributed by atoms with E-state index in [1.54, 1.807) is 6.07 Å². The maximum atomic E-state index is 11.3. The minimum atomic E-state index is -0.303. The number of aryl methyl sites for hydroxylation is 1. The Morgan fingerprint density at radius 1 is 1.41 bits per heavy atom. The lowest BCUT2D eigenvalue weighted by Crippen LogP contribution is -2.08. The third-order valence-electron chi connectivity index (χ3n) is 2.63. The summed E-state index contributed by atoms with van der Waals surface area (Å²) in [5, 5.41) is 9.00. The Morgan fingerprint density at radius 2 is 2.12 bits per heavy atom. The second-order valence-electron chi connectivity index (χ2n) is 3.63. The second kappa shape index (κ2) is 6.27. The molecule has 0 aromatic heterocycles. The molecule has 0 atom stereocenters.